The molecule has 0 aliphatic rings. The Morgan fingerprint density at radius 1 is 1.00 bits per heavy atom. The Balaban J connectivity index is 4.32. The van der Waals surface area contributed by atoms with E-state index in [2.05, 4.69) is 0 Å². The summed E-state index contributed by atoms with van der Waals surface area (Å²) in [5, 5.41) is 0. The van der Waals surface area contributed by atoms with Crippen molar-refractivity contribution in [1.82, 2.24) is 0 Å². The van der Waals surface area contributed by atoms with Crippen LogP contribution in [0.1, 0.15) is 34.1 Å². The second-order valence-electron chi connectivity index (χ2n) is 3.12. The highest BCUT2D eigenvalue weighted by Gasteiger charge is 2.27. The molecule has 3 heteroatoms. The molecule has 0 saturated heterocycles. The fourth-order valence-corrected chi connectivity index (χ4v) is 1.47. The molecule has 0 fully saturated rings. The first-order valence-electron chi connectivity index (χ1n) is 5.74. The zero-order valence-corrected chi connectivity index (χ0v) is 10.4. The van der Waals surface area contributed by atoms with Crippen molar-refractivity contribution in [3.63, 3.8) is 0 Å². The molecular formula is C12H24O3. The Kier molecular flexibility index (Phi) is 8.67. The normalized spacial score (nSPS) is 12.5. The minimum atomic E-state index is -0.604. The summed E-state index contributed by atoms with van der Waals surface area (Å²) < 4.78 is 16.7. The summed E-state index contributed by atoms with van der Waals surface area (Å²) in [6.45, 7) is 10.5. The van der Waals surface area contributed by atoms with E-state index < -0.39 is 5.79 Å². The minimum Gasteiger partial charge on any atom is -0.382 e. The average Bonchev–Trinajstić information content (AvgIpc) is 2.19. The summed E-state index contributed by atoms with van der Waals surface area (Å²) in [5.41, 5.74) is 0. The standard InChI is InChI=1S/C12H24O3/c1-5-9-12(14-7-3,15-8-4)10-11-13-6-2/h5,9H,6-8,10-11H2,1-4H3. The smallest absolute Gasteiger partial charge is 0.189 e. The van der Waals surface area contributed by atoms with Crippen LogP contribution in [-0.4, -0.2) is 32.2 Å². The highest BCUT2D eigenvalue weighted by Crippen LogP contribution is 2.20. The van der Waals surface area contributed by atoms with Crippen molar-refractivity contribution in [2.24, 2.45) is 0 Å². The molecule has 0 rings (SSSR count). The monoisotopic (exact) mass is 216 g/mol. The summed E-state index contributed by atoms with van der Waals surface area (Å²) in [7, 11) is 0. The van der Waals surface area contributed by atoms with Gasteiger partial charge in [0.1, 0.15) is 0 Å². The highest BCUT2D eigenvalue weighted by molar-refractivity contribution is 4.94. The van der Waals surface area contributed by atoms with Gasteiger partial charge in [0.2, 0.25) is 0 Å². The lowest BCUT2D eigenvalue weighted by Gasteiger charge is -2.30. The van der Waals surface area contributed by atoms with Gasteiger partial charge in [-0.3, -0.25) is 0 Å². The number of hydrogen-bond donors (Lipinski definition) is 0. The quantitative estimate of drug-likeness (QED) is 0.337. The Morgan fingerprint density at radius 2 is 1.60 bits per heavy atom. The molecule has 0 saturated carbocycles. The van der Waals surface area contributed by atoms with Crippen LogP contribution in [0.5, 0.6) is 0 Å². The van der Waals surface area contributed by atoms with E-state index in [0.717, 1.165) is 13.0 Å². The van der Waals surface area contributed by atoms with Crippen LogP contribution in [0.2, 0.25) is 0 Å². The first-order chi connectivity index (χ1) is 7.24. The maximum absolute atomic E-state index is 5.67. The Hall–Kier alpha value is -0.380. The molecule has 0 spiro atoms. The summed E-state index contributed by atoms with van der Waals surface area (Å²) in [6, 6.07) is 0. The molecule has 0 bridgehead atoms. The van der Waals surface area contributed by atoms with Crippen molar-refractivity contribution in [1.29, 1.82) is 0 Å². The molecule has 90 valence electrons. The Morgan fingerprint density at radius 3 is 2.00 bits per heavy atom. The van der Waals surface area contributed by atoms with Crippen LogP contribution in [0, 0.1) is 0 Å². The van der Waals surface area contributed by atoms with Crippen LogP contribution in [0.15, 0.2) is 12.2 Å². The zero-order chi connectivity index (χ0) is 11.6. The van der Waals surface area contributed by atoms with Crippen LogP contribution in [0.3, 0.4) is 0 Å². The van der Waals surface area contributed by atoms with Crippen molar-refractivity contribution >= 4 is 0 Å². The molecule has 0 heterocycles. The van der Waals surface area contributed by atoms with E-state index in [1.165, 1.54) is 0 Å². The van der Waals surface area contributed by atoms with Gasteiger partial charge in [0.25, 0.3) is 0 Å². The molecule has 0 atom stereocenters. The van der Waals surface area contributed by atoms with E-state index in [0.29, 0.717) is 19.8 Å². The van der Waals surface area contributed by atoms with Crippen LogP contribution < -0.4 is 0 Å². The van der Waals surface area contributed by atoms with E-state index in [1.807, 2.05) is 39.8 Å². The third-order valence-electron chi connectivity index (χ3n) is 2.00. The highest BCUT2D eigenvalue weighted by atomic mass is 16.7. The predicted octanol–water partition coefficient (Wildman–Crippen LogP) is 2.76. The van der Waals surface area contributed by atoms with Gasteiger partial charge < -0.3 is 14.2 Å². The van der Waals surface area contributed by atoms with Crippen LogP contribution >= 0.6 is 0 Å². The molecule has 0 aromatic heterocycles. The van der Waals surface area contributed by atoms with Gasteiger partial charge in [0, 0.05) is 26.2 Å². The summed E-state index contributed by atoms with van der Waals surface area (Å²) in [4.78, 5) is 0. The van der Waals surface area contributed by atoms with E-state index in [4.69, 9.17) is 14.2 Å². The predicted molar refractivity (Wildman–Crippen MR) is 61.9 cm³/mol. The van der Waals surface area contributed by atoms with Crippen LogP contribution in [0.4, 0.5) is 0 Å². The number of ether oxygens (including phenoxy) is 3. The number of rotatable bonds is 9. The summed E-state index contributed by atoms with van der Waals surface area (Å²) >= 11 is 0. The summed E-state index contributed by atoms with van der Waals surface area (Å²) in [5.74, 6) is -0.604. The molecule has 0 aromatic carbocycles. The Labute approximate surface area is 93.4 Å². The first kappa shape index (κ1) is 14.6. The maximum atomic E-state index is 5.67. The maximum Gasteiger partial charge on any atom is 0.189 e. The molecule has 0 aliphatic heterocycles. The molecular weight excluding hydrogens is 192 g/mol. The van der Waals surface area contributed by atoms with Gasteiger partial charge in [-0.2, -0.15) is 0 Å². The van der Waals surface area contributed by atoms with Crippen molar-refractivity contribution in [3.05, 3.63) is 12.2 Å². The second-order valence-corrected chi connectivity index (χ2v) is 3.12. The largest absolute Gasteiger partial charge is 0.382 e. The summed E-state index contributed by atoms with van der Waals surface area (Å²) in [6.07, 6.45) is 4.64. The average molecular weight is 216 g/mol. The van der Waals surface area contributed by atoms with E-state index in [1.54, 1.807) is 0 Å². The van der Waals surface area contributed by atoms with Gasteiger partial charge in [0.05, 0.1) is 6.61 Å². The van der Waals surface area contributed by atoms with Crippen molar-refractivity contribution in [2.45, 2.75) is 39.9 Å². The third-order valence-corrected chi connectivity index (χ3v) is 2.00. The van der Waals surface area contributed by atoms with Crippen molar-refractivity contribution in [2.75, 3.05) is 26.4 Å². The zero-order valence-electron chi connectivity index (χ0n) is 10.4. The van der Waals surface area contributed by atoms with E-state index in [-0.39, 0.29) is 0 Å². The van der Waals surface area contributed by atoms with Gasteiger partial charge in [-0.1, -0.05) is 6.08 Å². The lowest BCUT2D eigenvalue weighted by Crippen LogP contribution is -2.35. The van der Waals surface area contributed by atoms with Gasteiger partial charge >= 0.3 is 0 Å². The topological polar surface area (TPSA) is 27.7 Å². The SMILES string of the molecule is CC=CC(CCOCC)(OCC)OCC. The van der Waals surface area contributed by atoms with E-state index >= 15 is 0 Å². The van der Waals surface area contributed by atoms with Crippen molar-refractivity contribution < 1.29 is 14.2 Å². The number of hydrogen-bond acceptors (Lipinski definition) is 3. The van der Waals surface area contributed by atoms with E-state index in [9.17, 15) is 0 Å². The minimum absolute atomic E-state index is 0.604. The van der Waals surface area contributed by atoms with Crippen molar-refractivity contribution in [3.8, 4) is 0 Å². The fraction of sp³-hybridized carbons (Fsp3) is 0.833. The Bertz CT molecular complexity index is 160. The van der Waals surface area contributed by atoms with Crippen LogP contribution in [-0.2, 0) is 14.2 Å². The molecule has 3 nitrogen and oxygen atoms in total. The van der Waals surface area contributed by atoms with Gasteiger partial charge in [-0.15, -0.1) is 0 Å². The molecule has 0 amide bonds. The van der Waals surface area contributed by atoms with Gasteiger partial charge in [-0.25, -0.2) is 0 Å². The number of allylic oxidation sites excluding steroid dienone is 1. The van der Waals surface area contributed by atoms with Gasteiger partial charge in [-0.05, 0) is 33.8 Å². The molecule has 0 unspecified atom stereocenters. The first-order valence-corrected chi connectivity index (χ1v) is 5.74. The second kappa shape index (κ2) is 8.89. The van der Waals surface area contributed by atoms with Gasteiger partial charge in [0.15, 0.2) is 5.79 Å². The lowest BCUT2D eigenvalue weighted by atomic mass is 10.2. The molecule has 0 aromatic rings. The molecule has 0 aliphatic carbocycles. The molecule has 0 N–H and O–H groups in total. The molecule has 15 heavy (non-hydrogen) atoms. The third kappa shape index (κ3) is 5.92. The molecule has 0 radical (unpaired) electrons. The van der Waals surface area contributed by atoms with Crippen LogP contribution in [0.25, 0.3) is 0 Å². The fourth-order valence-electron chi connectivity index (χ4n) is 1.47. The lowest BCUT2D eigenvalue weighted by molar-refractivity contribution is -0.208.